The highest BCUT2D eigenvalue weighted by atomic mass is 16.3. The number of amides is 1. The van der Waals surface area contributed by atoms with Crippen molar-refractivity contribution in [3.8, 4) is 0 Å². The van der Waals surface area contributed by atoms with Crippen LogP contribution in [0.3, 0.4) is 0 Å². The van der Waals surface area contributed by atoms with Crippen molar-refractivity contribution in [3.63, 3.8) is 0 Å². The molecule has 1 aromatic rings. The molecule has 4 nitrogen and oxygen atoms in total. The van der Waals surface area contributed by atoms with E-state index >= 15 is 0 Å². The summed E-state index contributed by atoms with van der Waals surface area (Å²) >= 11 is 0. The van der Waals surface area contributed by atoms with Crippen LogP contribution in [0.4, 0.5) is 0 Å². The lowest BCUT2D eigenvalue weighted by Gasteiger charge is -2.25. The lowest BCUT2D eigenvalue weighted by molar-refractivity contribution is -0.124. The second-order valence-electron chi connectivity index (χ2n) is 4.66. The van der Waals surface area contributed by atoms with E-state index in [0.717, 1.165) is 31.4 Å². The Morgan fingerprint density at radius 3 is 2.78 bits per heavy atom. The number of aliphatic hydroxyl groups excluding tert-OH is 1. The average Bonchev–Trinajstić information content (AvgIpc) is 2.46. The van der Waals surface area contributed by atoms with E-state index in [1.807, 2.05) is 30.3 Å². The van der Waals surface area contributed by atoms with Crippen LogP contribution >= 0.6 is 0 Å². The summed E-state index contributed by atoms with van der Waals surface area (Å²) in [5.74, 6) is -0.0161. The zero-order chi connectivity index (χ0) is 12.8. The Kier molecular flexibility index (Phi) is 4.73. The van der Waals surface area contributed by atoms with Crippen molar-refractivity contribution >= 4 is 5.91 Å². The van der Waals surface area contributed by atoms with Gasteiger partial charge in [0.1, 0.15) is 0 Å². The molecule has 18 heavy (non-hydrogen) atoms. The zero-order valence-corrected chi connectivity index (χ0v) is 10.4. The summed E-state index contributed by atoms with van der Waals surface area (Å²) < 4.78 is 0. The largest absolute Gasteiger partial charge is 0.394 e. The van der Waals surface area contributed by atoms with Crippen LogP contribution in [0.15, 0.2) is 30.3 Å². The van der Waals surface area contributed by atoms with E-state index in [1.54, 1.807) is 0 Å². The van der Waals surface area contributed by atoms with Crippen LogP contribution in [0.25, 0.3) is 0 Å². The number of aliphatic hydroxyl groups is 1. The SMILES string of the molecule is O=C(NC(CO)c1ccccc1)[C@H]1CCCCN1. The number of hydrogen-bond donors (Lipinski definition) is 3. The smallest absolute Gasteiger partial charge is 0.237 e. The molecule has 1 amide bonds. The Morgan fingerprint density at radius 1 is 1.39 bits per heavy atom. The van der Waals surface area contributed by atoms with Gasteiger partial charge in [0, 0.05) is 0 Å². The van der Waals surface area contributed by atoms with E-state index in [-0.39, 0.29) is 24.6 Å². The molecule has 2 rings (SSSR count). The Labute approximate surface area is 107 Å². The first-order chi connectivity index (χ1) is 8.81. The van der Waals surface area contributed by atoms with E-state index < -0.39 is 0 Å². The molecule has 4 heteroatoms. The second kappa shape index (κ2) is 6.52. The lowest BCUT2D eigenvalue weighted by Crippen LogP contribution is -2.48. The lowest BCUT2D eigenvalue weighted by atomic mass is 10.0. The highest BCUT2D eigenvalue weighted by Crippen LogP contribution is 2.13. The maximum Gasteiger partial charge on any atom is 0.237 e. The van der Waals surface area contributed by atoms with Gasteiger partial charge in [-0.3, -0.25) is 4.79 Å². The molecule has 1 saturated heterocycles. The van der Waals surface area contributed by atoms with Crippen LogP contribution in [0, 0.1) is 0 Å². The highest BCUT2D eigenvalue weighted by molar-refractivity contribution is 5.82. The second-order valence-corrected chi connectivity index (χ2v) is 4.66. The van der Waals surface area contributed by atoms with E-state index in [9.17, 15) is 9.90 Å². The van der Waals surface area contributed by atoms with Gasteiger partial charge in [0.25, 0.3) is 0 Å². The first-order valence-corrected chi connectivity index (χ1v) is 6.51. The van der Waals surface area contributed by atoms with Crippen LogP contribution < -0.4 is 10.6 Å². The average molecular weight is 248 g/mol. The van der Waals surface area contributed by atoms with Crippen molar-refractivity contribution in [2.24, 2.45) is 0 Å². The Morgan fingerprint density at radius 2 is 2.17 bits per heavy atom. The first-order valence-electron chi connectivity index (χ1n) is 6.51. The molecule has 0 aromatic heterocycles. The fourth-order valence-electron chi connectivity index (χ4n) is 2.27. The van der Waals surface area contributed by atoms with Crippen molar-refractivity contribution in [2.45, 2.75) is 31.3 Å². The van der Waals surface area contributed by atoms with E-state index in [0.29, 0.717) is 0 Å². The number of rotatable bonds is 4. The third kappa shape index (κ3) is 3.31. The molecule has 0 spiro atoms. The highest BCUT2D eigenvalue weighted by Gasteiger charge is 2.23. The number of carbonyl (C=O) groups excluding carboxylic acids is 1. The molecule has 1 unspecified atom stereocenters. The van der Waals surface area contributed by atoms with Gasteiger partial charge in [0.2, 0.25) is 5.91 Å². The summed E-state index contributed by atoms with van der Waals surface area (Å²) in [4.78, 5) is 12.1. The summed E-state index contributed by atoms with van der Waals surface area (Å²) in [5.41, 5.74) is 0.934. The van der Waals surface area contributed by atoms with Crippen LogP contribution in [0.2, 0.25) is 0 Å². The number of nitrogens with one attached hydrogen (secondary N) is 2. The van der Waals surface area contributed by atoms with Crippen LogP contribution in [0.1, 0.15) is 30.9 Å². The van der Waals surface area contributed by atoms with Gasteiger partial charge in [-0.25, -0.2) is 0 Å². The van der Waals surface area contributed by atoms with Gasteiger partial charge in [-0.05, 0) is 24.9 Å². The van der Waals surface area contributed by atoms with Crippen molar-refractivity contribution in [1.82, 2.24) is 10.6 Å². The van der Waals surface area contributed by atoms with E-state index in [4.69, 9.17) is 0 Å². The number of benzene rings is 1. The summed E-state index contributed by atoms with van der Waals surface area (Å²) in [6, 6.07) is 9.12. The van der Waals surface area contributed by atoms with Gasteiger partial charge in [-0.15, -0.1) is 0 Å². The maximum atomic E-state index is 12.1. The third-order valence-electron chi connectivity index (χ3n) is 3.33. The fourth-order valence-corrected chi connectivity index (χ4v) is 2.27. The normalized spacial score (nSPS) is 21.3. The van der Waals surface area contributed by atoms with Gasteiger partial charge in [0.05, 0.1) is 18.7 Å². The molecule has 1 heterocycles. The number of piperidine rings is 1. The van der Waals surface area contributed by atoms with Crippen molar-refractivity contribution in [1.29, 1.82) is 0 Å². The molecule has 0 aliphatic carbocycles. The molecule has 1 aliphatic heterocycles. The molecular weight excluding hydrogens is 228 g/mol. The van der Waals surface area contributed by atoms with E-state index in [1.165, 1.54) is 0 Å². The van der Waals surface area contributed by atoms with Gasteiger partial charge in [-0.2, -0.15) is 0 Å². The quantitative estimate of drug-likeness (QED) is 0.744. The molecule has 0 radical (unpaired) electrons. The van der Waals surface area contributed by atoms with Crippen molar-refractivity contribution in [3.05, 3.63) is 35.9 Å². The molecular formula is C14H20N2O2. The van der Waals surface area contributed by atoms with E-state index in [2.05, 4.69) is 10.6 Å². The molecule has 1 aliphatic rings. The van der Waals surface area contributed by atoms with Gasteiger partial charge < -0.3 is 15.7 Å². The molecule has 98 valence electrons. The first kappa shape index (κ1) is 13.1. The summed E-state index contributed by atoms with van der Waals surface area (Å²) in [7, 11) is 0. The van der Waals surface area contributed by atoms with Gasteiger partial charge in [0.15, 0.2) is 0 Å². The zero-order valence-electron chi connectivity index (χ0n) is 10.4. The van der Waals surface area contributed by atoms with Crippen LogP contribution in [-0.4, -0.2) is 30.2 Å². The van der Waals surface area contributed by atoms with Crippen LogP contribution in [0.5, 0.6) is 0 Å². The van der Waals surface area contributed by atoms with Crippen LogP contribution in [-0.2, 0) is 4.79 Å². The summed E-state index contributed by atoms with van der Waals surface area (Å²) in [5, 5.41) is 15.5. The molecule has 2 atom stereocenters. The standard InChI is InChI=1S/C14H20N2O2/c17-10-13(11-6-2-1-3-7-11)16-14(18)12-8-4-5-9-15-12/h1-3,6-7,12-13,15,17H,4-5,8-10H2,(H,16,18)/t12-,13?/m1/s1. The van der Waals surface area contributed by atoms with Gasteiger partial charge >= 0.3 is 0 Å². The molecule has 1 aromatic carbocycles. The molecule has 1 fully saturated rings. The number of hydrogen-bond acceptors (Lipinski definition) is 3. The Hall–Kier alpha value is -1.39. The van der Waals surface area contributed by atoms with Gasteiger partial charge in [-0.1, -0.05) is 36.8 Å². The Bertz CT molecular complexity index is 375. The monoisotopic (exact) mass is 248 g/mol. The van der Waals surface area contributed by atoms with Crippen molar-refractivity contribution in [2.75, 3.05) is 13.2 Å². The number of carbonyl (C=O) groups is 1. The topological polar surface area (TPSA) is 61.4 Å². The minimum absolute atomic E-state index is 0.0161. The van der Waals surface area contributed by atoms with Crippen molar-refractivity contribution < 1.29 is 9.90 Å². The summed E-state index contributed by atoms with van der Waals surface area (Å²) in [6.45, 7) is 0.815. The predicted octanol–water partition coefficient (Wildman–Crippen LogP) is 0.978. The minimum Gasteiger partial charge on any atom is -0.394 e. The summed E-state index contributed by atoms with van der Waals surface area (Å²) in [6.07, 6.45) is 3.09. The fraction of sp³-hybridized carbons (Fsp3) is 0.500. The Balaban J connectivity index is 1.95. The minimum atomic E-state index is -0.317. The molecule has 0 bridgehead atoms. The molecule has 0 saturated carbocycles. The predicted molar refractivity (Wildman–Crippen MR) is 70.1 cm³/mol. The maximum absolute atomic E-state index is 12.1. The third-order valence-corrected chi connectivity index (χ3v) is 3.33. The molecule has 3 N–H and O–H groups in total.